The van der Waals surface area contributed by atoms with Gasteiger partial charge in [-0.1, -0.05) is 24.3 Å². The van der Waals surface area contributed by atoms with Gasteiger partial charge < -0.3 is 10.6 Å². The van der Waals surface area contributed by atoms with Gasteiger partial charge in [0.2, 0.25) is 11.8 Å². The van der Waals surface area contributed by atoms with E-state index in [1.165, 1.54) is 0 Å². The van der Waals surface area contributed by atoms with E-state index >= 15 is 0 Å². The Morgan fingerprint density at radius 1 is 1.32 bits per heavy atom. The second-order valence-corrected chi connectivity index (χ2v) is 5.38. The number of hydrogen-bond acceptors (Lipinski definition) is 2. The monoisotopic (exact) mass is 314 g/mol. The summed E-state index contributed by atoms with van der Waals surface area (Å²) in [5, 5.41) is 4.48. The number of halogens is 3. The van der Waals surface area contributed by atoms with Crippen molar-refractivity contribution in [2.45, 2.75) is 38.5 Å². The van der Waals surface area contributed by atoms with Crippen LogP contribution in [-0.4, -0.2) is 24.0 Å². The summed E-state index contributed by atoms with van der Waals surface area (Å²) in [6.45, 7) is 2.14. The van der Waals surface area contributed by atoms with Crippen LogP contribution in [0.15, 0.2) is 24.3 Å². The SMILES string of the molecule is Cc1ccccc1CNC(=O)C1CCC(C(F)(F)F)NC1=O. The first-order valence-corrected chi connectivity index (χ1v) is 6.98. The van der Waals surface area contributed by atoms with Crippen LogP contribution in [0.3, 0.4) is 0 Å². The third-order valence-corrected chi connectivity index (χ3v) is 3.80. The standard InChI is InChI=1S/C15H17F3N2O2/c1-9-4-2-3-5-10(9)8-19-13(21)11-6-7-12(15(16,17)18)20-14(11)22/h2-5,11-12H,6-8H2,1H3,(H,19,21)(H,20,22). The fourth-order valence-corrected chi connectivity index (χ4v) is 2.42. The van der Waals surface area contributed by atoms with Crippen molar-refractivity contribution in [1.29, 1.82) is 0 Å². The molecule has 1 aliphatic rings. The van der Waals surface area contributed by atoms with Crippen LogP contribution >= 0.6 is 0 Å². The number of alkyl halides is 3. The highest BCUT2D eigenvalue weighted by Gasteiger charge is 2.45. The van der Waals surface area contributed by atoms with E-state index < -0.39 is 30.0 Å². The van der Waals surface area contributed by atoms with Gasteiger partial charge in [0.05, 0.1) is 0 Å². The third-order valence-electron chi connectivity index (χ3n) is 3.80. The number of rotatable bonds is 3. The second-order valence-electron chi connectivity index (χ2n) is 5.38. The molecule has 0 aromatic heterocycles. The second kappa shape index (κ2) is 6.37. The Kier molecular flexibility index (Phi) is 4.73. The van der Waals surface area contributed by atoms with E-state index in [1.807, 2.05) is 36.5 Å². The molecule has 2 atom stereocenters. The molecule has 0 bridgehead atoms. The molecule has 1 aromatic carbocycles. The van der Waals surface area contributed by atoms with E-state index in [0.29, 0.717) is 0 Å². The molecular weight excluding hydrogens is 297 g/mol. The molecule has 1 fully saturated rings. The number of amides is 2. The Morgan fingerprint density at radius 3 is 2.59 bits per heavy atom. The van der Waals surface area contributed by atoms with E-state index in [1.54, 1.807) is 0 Å². The summed E-state index contributed by atoms with van der Waals surface area (Å²) < 4.78 is 37.6. The Bertz CT molecular complexity index is 572. The van der Waals surface area contributed by atoms with Gasteiger partial charge in [0, 0.05) is 6.54 Å². The minimum atomic E-state index is -4.47. The molecule has 4 nitrogen and oxygen atoms in total. The molecule has 2 amide bonds. The summed E-state index contributed by atoms with van der Waals surface area (Å²) in [5.41, 5.74) is 1.90. The number of carbonyl (C=O) groups excluding carboxylic acids is 2. The summed E-state index contributed by atoms with van der Waals surface area (Å²) in [5.74, 6) is -2.47. The van der Waals surface area contributed by atoms with Gasteiger partial charge >= 0.3 is 6.18 Å². The number of aryl methyl sites for hydroxylation is 1. The number of carbonyl (C=O) groups is 2. The average molecular weight is 314 g/mol. The summed E-state index contributed by atoms with van der Waals surface area (Å²) in [4.78, 5) is 23.7. The van der Waals surface area contributed by atoms with E-state index in [4.69, 9.17) is 0 Å². The van der Waals surface area contributed by atoms with Crippen molar-refractivity contribution in [1.82, 2.24) is 10.6 Å². The summed E-state index contributed by atoms with van der Waals surface area (Å²) in [7, 11) is 0. The van der Waals surface area contributed by atoms with Crippen molar-refractivity contribution in [3.8, 4) is 0 Å². The number of piperidine rings is 1. The lowest BCUT2D eigenvalue weighted by molar-refractivity contribution is -0.171. The molecule has 1 aliphatic heterocycles. The van der Waals surface area contributed by atoms with Gasteiger partial charge in [0.25, 0.3) is 0 Å². The third kappa shape index (κ3) is 3.78. The average Bonchev–Trinajstić information content (AvgIpc) is 2.45. The Labute approximate surface area is 126 Å². The van der Waals surface area contributed by atoms with Crippen molar-refractivity contribution < 1.29 is 22.8 Å². The molecular formula is C15H17F3N2O2. The normalized spacial score (nSPS) is 22.1. The topological polar surface area (TPSA) is 58.2 Å². The van der Waals surface area contributed by atoms with Crippen LogP contribution in [0.4, 0.5) is 13.2 Å². The summed E-state index contributed by atoms with van der Waals surface area (Å²) in [6.07, 6.45) is -4.86. The molecule has 1 aromatic rings. The van der Waals surface area contributed by atoms with E-state index in [9.17, 15) is 22.8 Å². The quantitative estimate of drug-likeness (QED) is 0.839. The predicted molar refractivity (Wildman–Crippen MR) is 73.7 cm³/mol. The maximum atomic E-state index is 12.5. The largest absolute Gasteiger partial charge is 0.408 e. The molecule has 7 heteroatoms. The molecule has 2 unspecified atom stereocenters. The van der Waals surface area contributed by atoms with E-state index in [0.717, 1.165) is 11.1 Å². The molecule has 120 valence electrons. The van der Waals surface area contributed by atoms with Gasteiger partial charge in [-0.25, -0.2) is 0 Å². The van der Waals surface area contributed by atoms with Crippen LogP contribution in [0, 0.1) is 12.8 Å². The highest BCUT2D eigenvalue weighted by molar-refractivity contribution is 6.00. The summed E-state index contributed by atoms with van der Waals surface area (Å²) in [6, 6.07) is 5.57. The Hall–Kier alpha value is -2.05. The number of benzene rings is 1. The van der Waals surface area contributed by atoms with Crippen LogP contribution in [0.2, 0.25) is 0 Å². The molecule has 0 aliphatic carbocycles. The Morgan fingerprint density at radius 2 is 2.00 bits per heavy atom. The van der Waals surface area contributed by atoms with Crippen molar-refractivity contribution >= 4 is 11.8 Å². The van der Waals surface area contributed by atoms with Crippen molar-refractivity contribution in [3.05, 3.63) is 35.4 Å². The summed E-state index contributed by atoms with van der Waals surface area (Å²) >= 11 is 0. The van der Waals surface area contributed by atoms with Crippen molar-refractivity contribution in [2.75, 3.05) is 0 Å². The first kappa shape index (κ1) is 16.3. The lowest BCUT2D eigenvalue weighted by Gasteiger charge is -2.29. The molecule has 1 heterocycles. The first-order valence-electron chi connectivity index (χ1n) is 6.98. The van der Waals surface area contributed by atoms with Gasteiger partial charge in [0.1, 0.15) is 12.0 Å². The zero-order valence-electron chi connectivity index (χ0n) is 12.0. The van der Waals surface area contributed by atoms with Crippen molar-refractivity contribution in [2.24, 2.45) is 5.92 Å². The maximum Gasteiger partial charge on any atom is 0.408 e. The minimum Gasteiger partial charge on any atom is -0.351 e. The molecule has 0 spiro atoms. The molecule has 2 rings (SSSR count). The van der Waals surface area contributed by atoms with Gasteiger partial charge in [0.15, 0.2) is 0 Å². The fraction of sp³-hybridized carbons (Fsp3) is 0.467. The van der Waals surface area contributed by atoms with Crippen LogP contribution in [0.1, 0.15) is 24.0 Å². The van der Waals surface area contributed by atoms with E-state index in [-0.39, 0.29) is 19.4 Å². The van der Waals surface area contributed by atoms with Crippen molar-refractivity contribution in [3.63, 3.8) is 0 Å². The van der Waals surface area contributed by atoms with E-state index in [2.05, 4.69) is 5.32 Å². The fourth-order valence-electron chi connectivity index (χ4n) is 2.42. The lowest BCUT2D eigenvalue weighted by Crippen LogP contribution is -2.54. The maximum absolute atomic E-state index is 12.5. The van der Waals surface area contributed by atoms with Crippen LogP contribution in [-0.2, 0) is 16.1 Å². The first-order chi connectivity index (χ1) is 10.3. The number of nitrogens with one attached hydrogen (secondary N) is 2. The highest BCUT2D eigenvalue weighted by Crippen LogP contribution is 2.28. The minimum absolute atomic E-state index is 0.102. The molecule has 1 saturated heterocycles. The van der Waals surface area contributed by atoms with Crippen LogP contribution < -0.4 is 10.6 Å². The zero-order valence-corrected chi connectivity index (χ0v) is 12.0. The lowest BCUT2D eigenvalue weighted by atomic mass is 9.92. The smallest absolute Gasteiger partial charge is 0.351 e. The predicted octanol–water partition coefficient (Wildman–Crippen LogP) is 2.07. The molecule has 0 saturated carbocycles. The van der Waals surface area contributed by atoms with Gasteiger partial charge in [-0.2, -0.15) is 13.2 Å². The molecule has 2 N–H and O–H groups in total. The zero-order chi connectivity index (χ0) is 16.3. The Balaban J connectivity index is 1.91. The van der Waals surface area contributed by atoms with Gasteiger partial charge in [-0.05, 0) is 30.9 Å². The highest BCUT2D eigenvalue weighted by atomic mass is 19.4. The van der Waals surface area contributed by atoms with Gasteiger partial charge in [-0.3, -0.25) is 9.59 Å². The van der Waals surface area contributed by atoms with Crippen LogP contribution in [0.5, 0.6) is 0 Å². The van der Waals surface area contributed by atoms with Crippen LogP contribution in [0.25, 0.3) is 0 Å². The molecule has 0 radical (unpaired) electrons. The number of hydrogen-bond donors (Lipinski definition) is 2. The molecule has 22 heavy (non-hydrogen) atoms. The van der Waals surface area contributed by atoms with Gasteiger partial charge in [-0.15, -0.1) is 0 Å².